The molecule has 3 rings (SSSR count). The van der Waals surface area contributed by atoms with Crippen molar-refractivity contribution in [1.29, 1.82) is 0 Å². The average molecular weight is 408 g/mol. The van der Waals surface area contributed by atoms with Crippen molar-refractivity contribution in [3.63, 3.8) is 0 Å². The summed E-state index contributed by atoms with van der Waals surface area (Å²) in [5.74, 6) is -0.0922. The van der Waals surface area contributed by atoms with E-state index < -0.39 is 17.7 Å². The van der Waals surface area contributed by atoms with Crippen molar-refractivity contribution >= 4 is 29.8 Å². The van der Waals surface area contributed by atoms with E-state index >= 15 is 0 Å². The zero-order valence-electron chi connectivity index (χ0n) is 17.6. The standard InChI is InChI=1S/C24H28N2O4/c1-24(2,3)30-23(29)25-22(28)21-5-4-16-26(21)19-12-8-17(9-13-19)6-7-18-10-14-20(27)15-11-18/h6-15,21,27H,4-5,16H2,1-3H3,(H,25,28,29)/b7-6+/t21-/m1/s1. The molecule has 6 heteroatoms. The van der Waals surface area contributed by atoms with E-state index in [9.17, 15) is 14.7 Å². The van der Waals surface area contributed by atoms with Gasteiger partial charge in [-0.15, -0.1) is 0 Å². The number of nitrogens with one attached hydrogen (secondary N) is 1. The maximum atomic E-state index is 12.6. The van der Waals surface area contributed by atoms with E-state index in [0.29, 0.717) is 6.42 Å². The Bertz CT molecular complexity index is 912. The number of phenols is 1. The molecular weight excluding hydrogens is 380 g/mol. The molecule has 1 aliphatic rings. The number of anilines is 1. The van der Waals surface area contributed by atoms with Gasteiger partial charge in [-0.05, 0) is 69.0 Å². The van der Waals surface area contributed by atoms with Crippen molar-refractivity contribution in [3.8, 4) is 5.75 Å². The monoisotopic (exact) mass is 408 g/mol. The van der Waals surface area contributed by atoms with E-state index in [0.717, 1.165) is 29.8 Å². The Morgan fingerprint density at radius 3 is 2.17 bits per heavy atom. The lowest BCUT2D eigenvalue weighted by atomic mass is 10.1. The molecule has 0 radical (unpaired) electrons. The fourth-order valence-electron chi connectivity index (χ4n) is 3.39. The number of hydrogen-bond acceptors (Lipinski definition) is 5. The van der Waals surface area contributed by atoms with Crippen LogP contribution in [-0.4, -0.2) is 35.3 Å². The number of benzene rings is 2. The van der Waals surface area contributed by atoms with Crippen molar-refractivity contribution in [2.45, 2.75) is 45.3 Å². The number of aromatic hydroxyl groups is 1. The Morgan fingerprint density at radius 1 is 1.03 bits per heavy atom. The first kappa shape index (κ1) is 21.4. The molecule has 1 aliphatic heterocycles. The summed E-state index contributed by atoms with van der Waals surface area (Å²) in [5.41, 5.74) is 2.32. The number of imide groups is 1. The van der Waals surface area contributed by atoms with Gasteiger partial charge < -0.3 is 14.7 Å². The van der Waals surface area contributed by atoms with Crippen LogP contribution in [0.3, 0.4) is 0 Å². The highest BCUT2D eigenvalue weighted by Crippen LogP contribution is 2.26. The van der Waals surface area contributed by atoms with Crippen molar-refractivity contribution in [2.24, 2.45) is 0 Å². The number of nitrogens with zero attached hydrogens (tertiary/aromatic N) is 1. The summed E-state index contributed by atoms with van der Waals surface area (Å²) in [5, 5.41) is 11.7. The van der Waals surface area contributed by atoms with Gasteiger partial charge in [-0.2, -0.15) is 0 Å². The highest BCUT2D eigenvalue weighted by Gasteiger charge is 2.32. The molecule has 2 aromatic rings. The molecule has 0 aliphatic carbocycles. The zero-order valence-corrected chi connectivity index (χ0v) is 17.6. The Balaban J connectivity index is 1.64. The van der Waals surface area contributed by atoms with Crippen LogP contribution in [0.4, 0.5) is 10.5 Å². The maximum absolute atomic E-state index is 12.6. The number of carbonyl (C=O) groups is 2. The van der Waals surface area contributed by atoms with Gasteiger partial charge in [0.1, 0.15) is 17.4 Å². The van der Waals surface area contributed by atoms with Crippen LogP contribution in [0.15, 0.2) is 48.5 Å². The Kier molecular flexibility index (Phi) is 6.45. The van der Waals surface area contributed by atoms with Crippen LogP contribution in [0.25, 0.3) is 12.2 Å². The number of alkyl carbamates (subject to hydrolysis) is 1. The van der Waals surface area contributed by atoms with Gasteiger partial charge >= 0.3 is 6.09 Å². The quantitative estimate of drug-likeness (QED) is 0.724. The Morgan fingerprint density at radius 2 is 1.60 bits per heavy atom. The van der Waals surface area contributed by atoms with Crippen molar-refractivity contribution in [3.05, 3.63) is 59.7 Å². The van der Waals surface area contributed by atoms with Gasteiger partial charge in [0.2, 0.25) is 0 Å². The van der Waals surface area contributed by atoms with Crippen LogP contribution in [0.2, 0.25) is 0 Å². The lowest BCUT2D eigenvalue weighted by Gasteiger charge is -2.26. The molecule has 2 aromatic carbocycles. The highest BCUT2D eigenvalue weighted by molar-refractivity contribution is 5.97. The van der Waals surface area contributed by atoms with E-state index in [4.69, 9.17) is 4.74 Å². The van der Waals surface area contributed by atoms with Gasteiger partial charge in [0.15, 0.2) is 0 Å². The summed E-state index contributed by atoms with van der Waals surface area (Å²) < 4.78 is 5.18. The minimum Gasteiger partial charge on any atom is -0.508 e. The third kappa shape index (κ3) is 5.86. The second-order valence-electron chi connectivity index (χ2n) is 8.36. The summed E-state index contributed by atoms with van der Waals surface area (Å²) in [6, 6.07) is 14.6. The Hall–Kier alpha value is -3.28. The van der Waals surface area contributed by atoms with Crippen LogP contribution < -0.4 is 10.2 Å². The fraction of sp³-hybridized carbons (Fsp3) is 0.333. The SMILES string of the molecule is CC(C)(C)OC(=O)NC(=O)[C@H]1CCCN1c1ccc(/C=C/c2ccc(O)cc2)cc1. The summed E-state index contributed by atoms with van der Waals surface area (Å²) in [6.45, 7) is 6.04. The molecule has 0 unspecified atom stereocenters. The molecular formula is C24H28N2O4. The molecule has 2 N–H and O–H groups in total. The molecule has 0 bridgehead atoms. The van der Waals surface area contributed by atoms with Crippen LogP contribution >= 0.6 is 0 Å². The molecule has 6 nitrogen and oxygen atoms in total. The molecule has 1 atom stereocenters. The summed E-state index contributed by atoms with van der Waals surface area (Å²) in [4.78, 5) is 26.5. The van der Waals surface area contributed by atoms with Gasteiger partial charge in [0.05, 0.1) is 0 Å². The smallest absolute Gasteiger partial charge is 0.414 e. The highest BCUT2D eigenvalue weighted by atomic mass is 16.6. The third-order valence-electron chi connectivity index (χ3n) is 4.77. The molecule has 0 aromatic heterocycles. The van der Waals surface area contributed by atoms with E-state index in [-0.39, 0.29) is 11.7 Å². The predicted octanol–water partition coefficient (Wildman–Crippen LogP) is 4.58. The van der Waals surface area contributed by atoms with Crippen LogP contribution in [0, 0.1) is 0 Å². The maximum Gasteiger partial charge on any atom is 0.414 e. The topological polar surface area (TPSA) is 78.9 Å². The number of rotatable bonds is 4. The van der Waals surface area contributed by atoms with Crippen molar-refractivity contribution < 1.29 is 19.4 Å². The fourth-order valence-corrected chi connectivity index (χ4v) is 3.39. The minimum absolute atomic E-state index is 0.243. The van der Waals surface area contributed by atoms with Gasteiger partial charge in [-0.3, -0.25) is 10.1 Å². The van der Waals surface area contributed by atoms with E-state index in [1.807, 2.05) is 53.5 Å². The van der Waals surface area contributed by atoms with Crippen molar-refractivity contribution in [1.82, 2.24) is 5.32 Å². The van der Waals surface area contributed by atoms with E-state index in [1.165, 1.54) is 0 Å². The summed E-state index contributed by atoms with van der Waals surface area (Å²) in [7, 11) is 0. The van der Waals surface area contributed by atoms with Crippen molar-refractivity contribution in [2.75, 3.05) is 11.4 Å². The van der Waals surface area contributed by atoms with Crippen LogP contribution in [0.5, 0.6) is 5.75 Å². The molecule has 2 amide bonds. The van der Waals surface area contributed by atoms with Gasteiger partial charge in [-0.1, -0.05) is 36.4 Å². The first-order chi connectivity index (χ1) is 14.2. The molecule has 30 heavy (non-hydrogen) atoms. The zero-order chi connectivity index (χ0) is 21.7. The first-order valence-corrected chi connectivity index (χ1v) is 10.1. The number of carbonyl (C=O) groups excluding carboxylic acids is 2. The second kappa shape index (κ2) is 9.03. The Labute approximate surface area is 177 Å². The molecule has 1 heterocycles. The third-order valence-corrected chi connectivity index (χ3v) is 4.77. The summed E-state index contributed by atoms with van der Waals surface area (Å²) >= 11 is 0. The van der Waals surface area contributed by atoms with Gasteiger partial charge in [0, 0.05) is 12.2 Å². The average Bonchev–Trinajstić information content (AvgIpc) is 3.16. The van der Waals surface area contributed by atoms with Gasteiger partial charge in [-0.25, -0.2) is 4.79 Å². The molecule has 1 fully saturated rings. The first-order valence-electron chi connectivity index (χ1n) is 10.1. The van der Waals surface area contributed by atoms with Crippen LogP contribution in [0.1, 0.15) is 44.7 Å². The molecule has 0 spiro atoms. The number of amides is 2. The normalized spacial score (nSPS) is 16.6. The lowest BCUT2D eigenvalue weighted by molar-refractivity contribution is -0.121. The largest absolute Gasteiger partial charge is 0.508 e. The molecule has 1 saturated heterocycles. The number of phenolic OH excluding ortho intramolecular Hbond substituents is 1. The second-order valence-corrected chi connectivity index (χ2v) is 8.36. The molecule has 158 valence electrons. The summed E-state index contributed by atoms with van der Waals surface area (Å²) in [6.07, 6.45) is 4.83. The van der Waals surface area contributed by atoms with Gasteiger partial charge in [0.25, 0.3) is 5.91 Å². The van der Waals surface area contributed by atoms with E-state index in [1.54, 1.807) is 32.9 Å². The van der Waals surface area contributed by atoms with Crippen LogP contribution in [-0.2, 0) is 9.53 Å². The van der Waals surface area contributed by atoms with E-state index in [2.05, 4.69) is 5.32 Å². The minimum atomic E-state index is -0.714. The number of hydrogen-bond donors (Lipinski definition) is 2. The lowest BCUT2D eigenvalue weighted by Crippen LogP contribution is -2.47. The number of ether oxygens (including phenoxy) is 1. The molecule has 0 saturated carbocycles. The predicted molar refractivity (Wildman–Crippen MR) is 118 cm³/mol.